The Hall–Kier alpha value is -0.740. The fraction of sp³-hybridized carbons (Fsp3) is 0.667. The summed E-state index contributed by atoms with van der Waals surface area (Å²) in [5, 5.41) is 21.5. The number of hydrogen-bond acceptors (Lipinski definition) is 7. The summed E-state index contributed by atoms with van der Waals surface area (Å²) >= 11 is 4.07. The van der Waals surface area contributed by atoms with Crippen molar-refractivity contribution in [3.8, 4) is 0 Å². The molecule has 0 aromatic rings. The van der Waals surface area contributed by atoms with Crippen LogP contribution in [0.15, 0.2) is 5.10 Å². The second-order valence-corrected chi connectivity index (χ2v) is 6.76. The zero-order valence-corrected chi connectivity index (χ0v) is 13.8. The minimum atomic E-state index is 0.238. The highest BCUT2D eigenvalue weighted by molar-refractivity contribution is 8.14. The van der Waals surface area contributed by atoms with Gasteiger partial charge >= 0.3 is 0 Å². The minimum absolute atomic E-state index is 0.238. The van der Waals surface area contributed by atoms with E-state index < -0.39 is 0 Å². The van der Waals surface area contributed by atoms with E-state index in [-0.39, 0.29) is 10.3 Å². The van der Waals surface area contributed by atoms with Crippen molar-refractivity contribution in [2.75, 3.05) is 17.3 Å². The van der Waals surface area contributed by atoms with E-state index in [2.05, 4.69) is 16.0 Å². The van der Waals surface area contributed by atoms with Gasteiger partial charge in [0.15, 0.2) is 15.5 Å². The molecule has 0 radical (unpaired) electrons. The Bertz CT molecular complexity index is 301. The van der Waals surface area contributed by atoms with E-state index in [1.54, 1.807) is 0 Å². The number of nitrogens with one attached hydrogen (secondary N) is 4. The quantitative estimate of drug-likeness (QED) is 0.287. The van der Waals surface area contributed by atoms with Gasteiger partial charge < -0.3 is 5.73 Å². The molecule has 0 amide bonds. The Balaban J connectivity index is 4.58. The first kappa shape index (κ1) is 18.3. The summed E-state index contributed by atoms with van der Waals surface area (Å²) in [6, 6.07) is 0. The van der Waals surface area contributed by atoms with E-state index in [1.807, 2.05) is 20.8 Å². The highest BCUT2D eigenvalue weighted by Gasteiger charge is 2.07. The maximum atomic E-state index is 7.69. The summed E-state index contributed by atoms with van der Waals surface area (Å²) in [6.07, 6.45) is 0. The monoisotopic (exact) mass is 323 g/mol. The van der Waals surface area contributed by atoms with Crippen molar-refractivity contribution in [1.29, 1.82) is 10.8 Å². The van der Waals surface area contributed by atoms with Crippen molar-refractivity contribution in [3.05, 3.63) is 0 Å². The molecule has 0 fully saturated rings. The van der Waals surface area contributed by atoms with Gasteiger partial charge in [0.25, 0.3) is 0 Å². The van der Waals surface area contributed by atoms with Crippen LogP contribution in [0.25, 0.3) is 0 Å². The van der Waals surface area contributed by atoms with Crippen LogP contribution >= 0.6 is 35.3 Å². The first-order valence-corrected chi connectivity index (χ1v) is 8.72. The van der Waals surface area contributed by atoms with Crippen molar-refractivity contribution in [2.24, 2.45) is 10.8 Å². The van der Waals surface area contributed by atoms with E-state index in [4.69, 9.17) is 16.6 Å². The van der Waals surface area contributed by atoms with Crippen LogP contribution in [0, 0.1) is 10.8 Å². The lowest BCUT2D eigenvalue weighted by atomic mass is 11.0. The van der Waals surface area contributed by atoms with Crippen LogP contribution in [0.4, 0.5) is 0 Å². The van der Waals surface area contributed by atoms with Crippen molar-refractivity contribution in [2.45, 2.75) is 20.8 Å². The molecule has 0 bridgehead atoms. The minimum Gasteiger partial charge on any atom is -0.377 e. The van der Waals surface area contributed by atoms with Crippen LogP contribution in [-0.4, -0.2) is 38.0 Å². The summed E-state index contributed by atoms with van der Waals surface area (Å²) in [4.78, 5) is 0. The van der Waals surface area contributed by atoms with Crippen LogP contribution < -0.4 is 16.6 Å². The molecule has 110 valence electrons. The van der Waals surface area contributed by atoms with Crippen LogP contribution in [0.3, 0.4) is 0 Å². The van der Waals surface area contributed by atoms with Crippen molar-refractivity contribution in [1.82, 2.24) is 16.1 Å². The van der Waals surface area contributed by atoms with E-state index in [1.165, 1.54) is 40.5 Å². The molecule has 0 aliphatic heterocycles. The maximum absolute atomic E-state index is 7.69. The topological polar surface area (TPSA) is 113 Å². The zero-order chi connectivity index (χ0) is 14.7. The molecule has 0 rings (SSSR count). The van der Waals surface area contributed by atoms with Gasteiger partial charge in [-0.1, -0.05) is 56.1 Å². The smallest absolute Gasteiger partial charge is 0.182 e. The lowest BCUT2D eigenvalue weighted by Gasteiger charge is -2.22. The zero-order valence-electron chi connectivity index (χ0n) is 11.3. The van der Waals surface area contributed by atoms with Gasteiger partial charge in [-0.2, -0.15) is 0 Å². The van der Waals surface area contributed by atoms with Crippen molar-refractivity contribution >= 4 is 50.8 Å². The molecule has 0 saturated carbocycles. The summed E-state index contributed by atoms with van der Waals surface area (Å²) < 4.78 is 0. The third-order valence-corrected chi connectivity index (χ3v) is 3.49. The van der Waals surface area contributed by atoms with Crippen LogP contribution in [0.2, 0.25) is 0 Å². The van der Waals surface area contributed by atoms with E-state index in [0.29, 0.717) is 5.17 Å². The first-order valence-electron chi connectivity index (χ1n) is 5.76. The molecular weight excluding hydrogens is 302 g/mol. The summed E-state index contributed by atoms with van der Waals surface area (Å²) in [5.41, 5.74) is 11.2. The number of hydrogen-bond donors (Lipinski definition) is 5. The molecule has 6 N–H and O–H groups in total. The number of thioether (sulfide) groups is 3. The summed E-state index contributed by atoms with van der Waals surface area (Å²) in [6.45, 7) is 5.89. The average Bonchev–Trinajstić information content (AvgIpc) is 2.29. The second-order valence-electron chi connectivity index (χ2n) is 2.93. The van der Waals surface area contributed by atoms with Crippen LogP contribution in [0.1, 0.15) is 20.8 Å². The number of amidine groups is 3. The van der Waals surface area contributed by atoms with Gasteiger partial charge in [0.1, 0.15) is 0 Å². The third-order valence-electron chi connectivity index (χ3n) is 1.48. The highest BCUT2D eigenvalue weighted by atomic mass is 32.2. The summed E-state index contributed by atoms with van der Waals surface area (Å²) in [5.74, 6) is 2.37. The predicted octanol–water partition coefficient (Wildman–Crippen LogP) is 1.66. The Morgan fingerprint density at radius 1 is 1.00 bits per heavy atom. The van der Waals surface area contributed by atoms with Gasteiger partial charge in [0.2, 0.25) is 0 Å². The van der Waals surface area contributed by atoms with Crippen molar-refractivity contribution in [3.63, 3.8) is 0 Å². The van der Waals surface area contributed by atoms with Gasteiger partial charge in [-0.05, 0) is 17.3 Å². The molecule has 7 nitrogen and oxygen atoms in total. The molecule has 0 aliphatic carbocycles. The fourth-order valence-electron chi connectivity index (χ4n) is 0.899. The normalized spacial score (nSPS) is 11.0. The lowest BCUT2D eigenvalue weighted by molar-refractivity contribution is 0.210. The fourth-order valence-corrected chi connectivity index (χ4v) is 2.21. The molecule has 0 aromatic heterocycles. The Kier molecular flexibility index (Phi) is 10.7. The molecular formula is C9H21N7S3. The predicted molar refractivity (Wildman–Crippen MR) is 89.6 cm³/mol. The van der Waals surface area contributed by atoms with E-state index in [0.717, 1.165) is 17.3 Å². The third kappa shape index (κ3) is 9.79. The summed E-state index contributed by atoms with van der Waals surface area (Å²) in [7, 11) is 0. The lowest BCUT2D eigenvalue weighted by Crippen LogP contribution is -2.48. The maximum Gasteiger partial charge on any atom is 0.182 e. The van der Waals surface area contributed by atoms with Gasteiger partial charge in [0.05, 0.1) is 0 Å². The average molecular weight is 324 g/mol. The Morgan fingerprint density at radius 2 is 1.42 bits per heavy atom. The number of hydrazone groups is 1. The second kappa shape index (κ2) is 11.1. The molecule has 0 spiro atoms. The number of rotatable bonds is 6. The SMILES string of the molecule is CCSC(=N)NN(/N=C(\N)SCC)NC(=N)SCC. The molecule has 0 aliphatic rings. The van der Waals surface area contributed by atoms with Gasteiger partial charge in [-0.15, -0.1) is 10.3 Å². The largest absolute Gasteiger partial charge is 0.377 e. The standard InChI is InChI=1S/C9H21N7S3/c1-4-17-7(10)13-16(14-8(11)18-5-2)15-9(12)19-6-3/h4-6H2,1-3H3,(H2,10,13)(H2,11,14)(H2,12,15). The van der Waals surface area contributed by atoms with Gasteiger partial charge in [0, 0.05) is 0 Å². The number of nitrogens with two attached hydrogens (primary N) is 1. The molecule has 0 unspecified atom stereocenters. The molecule has 0 saturated heterocycles. The van der Waals surface area contributed by atoms with E-state index >= 15 is 0 Å². The van der Waals surface area contributed by atoms with Crippen LogP contribution in [0.5, 0.6) is 0 Å². The number of hydrazine groups is 2. The van der Waals surface area contributed by atoms with Gasteiger partial charge in [-0.3, -0.25) is 10.8 Å². The number of nitrogens with zero attached hydrogens (tertiary/aromatic N) is 2. The Labute approximate surface area is 126 Å². The Morgan fingerprint density at radius 3 is 1.79 bits per heavy atom. The van der Waals surface area contributed by atoms with Crippen LogP contribution in [-0.2, 0) is 0 Å². The van der Waals surface area contributed by atoms with Crippen molar-refractivity contribution < 1.29 is 0 Å². The molecule has 19 heavy (non-hydrogen) atoms. The molecule has 0 heterocycles. The molecule has 0 aromatic carbocycles. The molecule has 0 atom stereocenters. The highest BCUT2D eigenvalue weighted by Crippen LogP contribution is 2.03. The molecule has 10 heteroatoms. The first-order chi connectivity index (χ1) is 9.03. The van der Waals surface area contributed by atoms with E-state index in [9.17, 15) is 0 Å². The van der Waals surface area contributed by atoms with Gasteiger partial charge in [-0.25, -0.2) is 10.9 Å².